The molecule has 0 saturated carbocycles. The molecule has 0 atom stereocenters. The summed E-state index contributed by atoms with van der Waals surface area (Å²) in [6.07, 6.45) is 0. The van der Waals surface area contributed by atoms with Gasteiger partial charge in [0.25, 0.3) is 0 Å². The largest absolute Gasteiger partial charge is 0.484 e. The Labute approximate surface area is 124 Å². The first-order valence-corrected chi connectivity index (χ1v) is 7.18. The van der Waals surface area contributed by atoms with Crippen LogP contribution >= 0.6 is 11.3 Å². The van der Waals surface area contributed by atoms with Gasteiger partial charge in [0.1, 0.15) is 17.4 Å². The van der Waals surface area contributed by atoms with Crippen LogP contribution in [0.15, 0.2) is 53.9 Å². The molecule has 2 nitrogen and oxygen atoms in total. The number of hydrogen-bond acceptors (Lipinski definition) is 3. The summed E-state index contributed by atoms with van der Waals surface area (Å²) < 4.78 is 31.7. The van der Waals surface area contributed by atoms with Gasteiger partial charge >= 0.3 is 0 Å². The van der Waals surface area contributed by atoms with Crippen LogP contribution in [0.1, 0.15) is 5.69 Å². The van der Waals surface area contributed by atoms with E-state index in [1.54, 1.807) is 30.3 Å². The third-order valence-corrected chi connectivity index (χ3v) is 3.80. The van der Waals surface area contributed by atoms with Gasteiger partial charge in [-0.3, -0.25) is 0 Å². The van der Waals surface area contributed by atoms with E-state index in [0.717, 1.165) is 10.6 Å². The van der Waals surface area contributed by atoms with Crippen LogP contribution in [0.4, 0.5) is 8.78 Å². The number of ether oxygens (including phenoxy) is 1. The third-order valence-electron chi connectivity index (χ3n) is 2.86. The lowest BCUT2D eigenvalue weighted by atomic mass is 10.2. The predicted molar refractivity (Wildman–Crippen MR) is 78.2 cm³/mol. The van der Waals surface area contributed by atoms with Crippen molar-refractivity contribution < 1.29 is 13.5 Å². The van der Waals surface area contributed by atoms with E-state index in [0.29, 0.717) is 5.69 Å². The molecule has 0 aliphatic heterocycles. The first-order valence-electron chi connectivity index (χ1n) is 6.30. The molecule has 21 heavy (non-hydrogen) atoms. The summed E-state index contributed by atoms with van der Waals surface area (Å²) >= 11 is 1.44. The van der Waals surface area contributed by atoms with Crippen molar-refractivity contribution in [1.29, 1.82) is 0 Å². The summed E-state index contributed by atoms with van der Waals surface area (Å²) in [6.45, 7) is 0.193. The average Bonchev–Trinajstić information content (AvgIpc) is 2.96. The molecule has 0 aliphatic carbocycles. The Kier molecular flexibility index (Phi) is 3.92. The molecule has 5 heteroatoms. The van der Waals surface area contributed by atoms with E-state index in [4.69, 9.17) is 4.74 Å². The van der Waals surface area contributed by atoms with Gasteiger partial charge in [0.15, 0.2) is 11.6 Å². The van der Waals surface area contributed by atoms with Crippen LogP contribution in [-0.2, 0) is 6.61 Å². The first-order chi connectivity index (χ1) is 10.2. The second kappa shape index (κ2) is 6.01. The van der Waals surface area contributed by atoms with Gasteiger partial charge in [-0.1, -0.05) is 12.1 Å². The number of para-hydroxylation sites is 1. The lowest BCUT2D eigenvalue weighted by molar-refractivity contribution is 0.287. The molecule has 0 aliphatic rings. The fourth-order valence-corrected chi connectivity index (χ4v) is 2.62. The van der Waals surface area contributed by atoms with Crippen LogP contribution in [-0.4, -0.2) is 4.98 Å². The van der Waals surface area contributed by atoms with Gasteiger partial charge in [0, 0.05) is 10.9 Å². The molecule has 0 N–H and O–H groups in total. The van der Waals surface area contributed by atoms with E-state index in [1.165, 1.54) is 29.5 Å². The van der Waals surface area contributed by atoms with Gasteiger partial charge in [-0.25, -0.2) is 13.8 Å². The molecule has 0 bridgehead atoms. The normalized spacial score (nSPS) is 10.6. The molecule has 0 radical (unpaired) electrons. The van der Waals surface area contributed by atoms with Crippen molar-refractivity contribution in [2.45, 2.75) is 6.61 Å². The van der Waals surface area contributed by atoms with E-state index in [1.807, 2.05) is 5.38 Å². The standard InChI is InChI=1S/C16H11F2NOS/c17-12-7-5-11(6-8-12)16-19-13(10-21-16)9-20-15-4-2-1-3-14(15)18/h1-8,10H,9H2. The summed E-state index contributed by atoms with van der Waals surface area (Å²) in [5.74, 6) is -0.473. The Morgan fingerprint density at radius 3 is 2.52 bits per heavy atom. The second-order valence-electron chi connectivity index (χ2n) is 4.37. The smallest absolute Gasteiger partial charge is 0.165 e. The molecule has 0 amide bonds. The summed E-state index contributed by atoms with van der Waals surface area (Å²) in [5, 5.41) is 2.63. The zero-order valence-corrected chi connectivity index (χ0v) is 11.7. The minimum atomic E-state index is -0.397. The fourth-order valence-electron chi connectivity index (χ4n) is 1.81. The van der Waals surface area contributed by atoms with Crippen LogP contribution in [0.3, 0.4) is 0 Å². The van der Waals surface area contributed by atoms with E-state index >= 15 is 0 Å². The van der Waals surface area contributed by atoms with Crippen molar-refractivity contribution in [3.63, 3.8) is 0 Å². The Morgan fingerprint density at radius 1 is 1.00 bits per heavy atom. The van der Waals surface area contributed by atoms with Gasteiger partial charge < -0.3 is 4.74 Å². The molecule has 3 rings (SSSR count). The molecule has 0 saturated heterocycles. The van der Waals surface area contributed by atoms with Crippen molar-refractivity contribution in [2.75, 3.05) is 0 Å². The van der Waals surface area contributed by atoms with Crippen molar-refractivity contribution in [2.24, 2.45) is 0 Å². The lowest BCUT2D eigenvalue weighted by Gasteiger charge is -2.04. The highest BCUT2D eigenvalue weighted by Crippen LogP contribution is 2.25. The molecule has 106 valence electrons. The molecular weight excluding hydrogens is 292 g/mol. The highest BCUT2D eigenvalue weighted by molar-refractivity contribution is 7.13. The minimum Gasteiger partial charge on any atom is -0.484 e. The van der Waals surface area contributed by atoms with E-state index in [-0.39, 0.29) is 18.2 Å². The number of benzene rings is 2. The van der Waals surface area contributed by atoms with Crippen LogP contribution in [0, 0.1) is 11.6 Å². The lowest BCUT2D eigenvalue weighted by Crippen LogP contribution is -1.97. The number of rotatable bonds is 4. The zero-order valence-electron chi connectivity index (χ0n) is 10.9. The summed E-state index contributed by atoms with van der Waals surface area (Å²) in [4.78, 5) is 4.40. The molecular formula is C16H11F2NOS. The molecule has 3 aromatic rings. The maximum atomic E-state index is 13.4. The average molecular weight is 303 g/mol. The van der Waals surface area contributed by atoms with Gasteiger partial charge in [0.05, 0.1) is 5.69 Å². The van der Waals surface area contributed by atoms with E-state index in [9.17, 15) is 8.78 Å². The molecule has 0 spiro atoms. The van der Waals surface area contributed by atoms with Gasteiger partial charge in [-0.15, -0.1) is 11.3 Å². The number of hydrogen-bond donors (Lipinski definition) is 0. The Morgan fingerprint density at radius 2 is 1.76 bits per heavy atom. The maximum Gasteiger partial charge on any atom is 0.165 e. The zero-order chi connectivity index (χ0) is 14.7. The Hall–Kier alpha value is -2.27. The maximum absolute atomic E-state index is 13.4. The van der Waals surface area contributed by atoms with E-state index in [2.05, 4.69) is 4.98 Å². The van der Waals surface area contributed by atoms with Gasteiger partial charge in [-0.2, -0.15) is 0 Å². The predicted octanol–water partition coefficient (Wildman–Crippen LogP) is 4.67. The van der Waals surface area contributed by atoms with Crippen LogP contribution < -0.4 is 4.74 Å². The highest BCUT2D eigenvalue weighted by Gasteiger charge is 2.07. The first kappa shape index (κ1) is 13.7. The number of aromatic nitrogens is 1. The number of halogens is 2. The van der Waals surface area contributed by atoms with Crippen LogP contribution in [0.25, 0.3) is 10.6 Å². The summed E-state index contributed by atoms with van der Waals surface area (Å²) in [7, 11) is 0. The van der Waals surface area contributed by atoms with Crippen molar-refractivity contribution in [3.05, 3.63) is 71.2 Å². The quantitative estimate of drug-likeness (QED) is 0.699. The Bertz CT molecular complexity index is 740. The Balaban J connectivity index is 1.71. The monoisotopic (exact) mass is 303 g/mol. The number of thiazole rings is 1. The van der Waals surface area contributed by atoms with Gasteiger partial charge in [0.2, 0.25) is 0 Å². The van der Waals surface area contributed by atoms with E-state index < -0.39 is 5.82 Å². The summed E-state index contributed by atoms with van der Waals surface area (Å²) in [6, 6.07) is 12.4. The third kappa shape index (κ3) is 3.25. The summed E-state index contributed by atoms with van der Waals surface area (Å²) in [5.41, 5.74) is 1.56. The van der Waals surface area contributed by atoms with Crippen molar-refractivity contribution >= 4 is 11.3 Å². The molecule has 0 fully saturated rings. The molecule has 1 heterocycles. The fraction of sp³-hybridized carbons (Fsp3) is 0.0625. The van der Waals surface area contributed by atoms with Crippen LogP contribution in [0.5, 0.6) is 5.75 Å². The van der Waals surface area contributed by atoms with Crippen molar-refractivity contribution in [1.82, 2.24) is 4.98 Å². The molecule has 2 aromatic carbocycles. The van der Waals surface area contributed by atoms with Crippen LogP contribution in [0.2, 0.25) is 0 Å². The molecule has 0 unspecified atom stereocenters. The highest BCUT2D eigenvalue weighted by atomic mass is 32.1. The minimum absolute atomic E-state index is 0.193. The molecule has 1 aromatic heterocycles. The van der Waals surface area contributed by atoms with Gasteiger partial charge in [-0.05, 0) is 36.4 Å². The van der Waals surface area contributed by atoms with Crippen molar-refractivity contribution in [3.8, 4) is 16.3 Å². The topological polar surface area (TPSA) is 22.1 Å². The second-order valence-corrected chi connectivity index (χ2v) is 5.23. The SMILES string of the molecule is Fc1ccc(-c2nc(COc3ccccc3F)cs2)cc1. The number of nitrogens with zero attached hydrogens (tertiary/aromatic N) is 1.